The number of nitrogens with zero attached hydrogens (tertiary/aromatic N) is 1. The first-order valence-electron chi connectivity index (χ1n) is 7.04. The molecule has 2 N–H and O–H groups in total. The summed E-state index contributed by atoms with van der Waals surface area (Å²) in [4.78, 5) is 2.57. The van der Waals surface area contributed by atoms with Crippen molar-refractivity contribution in [2.45, 2.75) is 12.6 Å². The van der Waals surface area contributed by atoms with Gasteiger partial charge in [0.25, 0.3) is 0 Å². The van der Waals surface area contributed by atoms with Gasteiger partial charge >= 0.3 is 0 Å². The van der Waals surface area contributed by atoms with E-state index in [0.29, 0.717) is 6.04 Å². The van der Waals surface area contributed by atoms with Crippen LogP contribution in [0.4, 0.5) is 5.69 Å². The molecular weight excluding hydrogens is 264 g/mol. The lowest BCUT2D eigenvalue weighted by Gasteiger charge is -2.35. The van der Waals surface area contributed by atoms with E-state index < -0.39 is 0 Å². The van der Waals surface area contributed by atoms with Crippen LogP contribution in [0.25, 0.3) is 0 Å². The molecule has 2 nitrogen and oxygen atoms in total. The van der Waals surface area contributed by atoms with Crippen LogP contribution in [0.15, 0.2) is 54.6 Å². The fourth-order valence-electron chi connectivity index (χ4n) is 2.74. The van der Waals surface area contributed by atoms with Crippen LogP contribution in [0, 0.1) is 0 Å². The normalized spacial score (nSPS) is 19.9. The maximum Gasteiger partial charge on any atom is 0.0442 e. The molecule has 0 amide bonds. The molecule has 1 aliphatic heterocycles. The Hall–Kier alpha value is -1.45. The first-order valence-corrected chi connectivity index (χ1v) is 8.19. The molecule has 104 valence electrons. The molecule has 1 heterocycles. The van der Waals surface area contributed by atoms with Crippen molar-refractivity contribution in [1.29, 1.82) is 0 Å². The Morgan fingerprint density at radius 1 is 1.10 bits per heavy atom. The van der Waals surface area contributed by atoms with Crippen molar-refractivity contribution in [3.63, 3.8) is 0 Å². The van der Waals surface area contributed by atoms with E-state index in [9.17, 15) is 0 Å². The second-order valence-electron chi connectivity index (χ2n) is 5.22. The Bertz CT molecular complexity index is 556. The fourth-order valence-corrected chi connectivity index (χ4v) is 3.89. The van der Waals surface area contributed by atoms with E-state index in [2.05, 4.69) is 47.4 Å². The molecular formula is C17H20N2S. The Morgan fingerprint density at radius 3 is 2.75 bits per heavy atom. The molecule has 2 aromatic rings. The Morgan fingerprint density at radius 2 is 1.95 bits per heavy atom. The van der Waals surface area contributed by atoms with E-state index in [1.165, 1.54) is 22.6 Å². The average molecular weight is 284 g/mol. The molecule has 0 spiro atoms. The zero-order chi connectivity index (χ0) is 13.8. The molecule has 1 saturated heterocycles. The van der Waals surface area contributed by atoms with Crippen molar-refractivity contribution in [2.24, 2.45) is 0 Å². The van der Waals surface area contributed by atoms with Gasteiger partial charge in [-0.25, -0.2) is 0 Å². The van der Waals surface area contributed by atoms with Crippen molar-refractivity contribution >= 4 is 17.4 Å². The highest BCUT2D eigenvalue weighted by atomic mass is 32.2. The van der Waals surface area contributed by atoms with Gasteiger partial charge in [0.05, 0.1) is 0 Å². The number of rotatable bonds is 3. The summed E-state index contributed by atoms with van der Waals surface area (Å²) < 4.78 is 0. The molecule has 1 atom stereocenters. The third-order valence-corrected chi connectivity index (χ3v) is 4.78. The van der Waals surface area contributed by atoms with Crippen LogP contribution in [0.3, 0.4) is 0 Å². The van der Waals surface area contributed by atoms with E-state index in [1.807, 2.05) is 23.9 Å². The van der Waals surface area contributed by atoms with E-state index in [4.69, 9.17) is 5.73 Å². The summed E-state index contributed by atoms with van der Waals surface area (Å²) in [6.45, 7) is 2.12. The Kier molecular flexibility index (Phi) is 4.28. The monoisotopic (exact) mass is 284 g/mol. The molecule has 0 aromatic heterocycles. The Balaban J connectivity index is 1.79. The molecule has 1 aliphatic rings. The minimum atomic E-state index is 0.511. The van der Waals surface area contributed by atoms with Crippen LogP contribution < -0.4 is 5.73 Å². The lowest BCUT2D eigenvalue weighted by atomic mass is 10.1. The maximum absolute atomic E-state index is 5.89. The van der Waals surface area contributed by atoms with Crippen LogP contribution in [0.1, 0.15) is 17.2 Å². The summed E-state index contributed by atoms with van der Waals surface area (Å²) in [5, 5.41) is 0. The molecule has 0 radical (unpaired) electrons. The van der Waals surface area contributed by atoms with Gasteiger partial charge in [-0.2, -0.15) is 11.8 Å². The number of benzene rings is 2. The number of anilines is 1. The van der Waals surface area contributed by atoms with Gasteiger partial charge in [0, 0.05) is 36.3 Å². The minimum absolute atomic E-state index is 0.511. The molecule has 20 heavy (non-hydrogen) atoms. The average Bonchev–Trinajstić information content (AvgIpc) is 2.49. The highest BCUT2D eigenvalue weighted by Gasteiger charge is 2.24. The first kappa shape index (κ1) is 13.5. The highest BCUT2D eigenvalue weighted by molar-refractivity contribution is 7.99. The van der Waals surface area contributed by atoms with Gasteiger partial charge in [-0.05, 0) is 23.3 Å². The van der Waals surface area contributed by atoms with Crippen molar-refractivity contribution in [3.05, 3.63) is 65.7 Å². The maximum atomic E-state index is 5.89. The molecule has 1 fully saturated rings. The molecule has 3 rings (SSSR count). The number of thioether (sulfide) groups is 1. The van der Waals surface area contributed by atoms with Gasteiger partial charge in [0.2, 0.25) is 0 Å². The van der Waals surface area contributed by atoms with Gasteiger partial charge in [-0.1, -0.05) is 42.5 Å². The third-order valence-electron chi connectivity index (χ3n) is 3.76. The molecule has 3 heteroatoms. The van der Waals surface area contributed by atoms with Crippen LogP contribution in [0.2, 0.25) is 0 Å². The first-order chi connectivity index (χ1) is 9.83. The smallest absolute Gasteiger partial charge is 0.0442 e. The third kappa shape index (κ3) is 3.17. The van der Waals surface area contributed by atoms with Gasteiger partial charge in [0.1, 0.15) is 0 Å². The van der Waals surface area contributed by atoms with Gasteiger partial charge < -0.3 is 5.73 Å². The molecule has 0 saturated carbocycles. The van der Waals surface area contributed by atoms with Crippen molar-refractivity contribution < 1.29 is 0 Å². The molecule has 0 bridgehead atoms. The van der Waals surface area contributed by atoms with Crippen LogP contribution in [-0.4, -0.2) is 23.0 Å². The van der Waals surface area contributed by atoms with Gasteiger partial charge in [-0.15, -0.1) is 0 Å². The van der Waals surface area contributed by atoms with Crippen LogP contribution in [0.5, 0.6) is 0 Å². The largest absolute Gasteiger partial charge is 0.399 e. The van der Waals surface area contributed by atoms with Crippen LogP contribution in [-0.2, 0) is 6.54 Å². The topological polar surface area (TPSA) is 29.3 Å². The lowest BCUT2D eigenvalue weighted by molar-refractivity contribution is 0.212. The van der Waals surface area contributed by atoms with Crippen molar-refractivity contribution in [3.8, 4) is 0 Å². The van der Waals surface area contributed by atoms with Crippen molar-refractivity contribution in [2.75, 3.05) is 23.8 Å². The summed E-state index contributed by atoms with van der Waals surface area (Å²) in [5.41, 5.74) is 9.46. The molecule has 2 aromatic carbocycles. The summed E-state index contributed by atoms with van der Waals surface area (Å²) in [6.07, 6.45) is 0. The minimum Gasteiger partial charge on any atom is -0.399 e. The lowest BCUT2D eigenvalue weighted by Crippen LogP contribution is -2.35. The predicted octanol–water partition coefficient (Wildman–Crippen LogP) is 3.56. The SMILES string of the molecule is Nc1cccc(CN2CCSCC2c2ccccc2)c1. The van der Waals surface area contributed by atoms with Gasteiger partial charge in [-0.3, -0.25) is 4.90 Å². The number of hydrogen-bond donors (Lipinski definition) is 1. The second-order valence-corrected chi connectivity index (χ2v) is 6.37. The summed E-state index contributed by atoms with van der Waals surface area (Å²) in [7, 11) is 0. The fraction of sp³-hybridized carbons (Fsp3) is 0.294. The zero-order valence-corrected chi connectivity index (χ0v) is 12.4. The highest BCUT2D eigenvalue weighted by Crippen LogP contribution is 2.30. The standard InChI is InChI=1S/C17H20N2S/c18-16-8-4-5-14(11-16)12-19-9-10-20-13-17(19)15-6-2-1-3-7-15/h1-8,11,17H,9-10,12-13,18H2. The number of nitrogens with two attached hydrogens (primary N) is 1. The Labute approximate surface area is 125 Å². The van der Waals surface area contributed by atoms with Crippen LogP contribution >= 0.6 is 11.8 Å². The van der Waals surface area contributed by atoms with E-state index in [-0.39, 0.29) is 0 Å². The van der Waals surface area contributed by atoms with Crippen molar-refractivity contribution in [1.82, 2.24) is 4.90 Å². The van der Waals surface area contributed by atoms with E-state index in [0.717, 1.165) is 18.8 Å². The van der Waals surface area contributed by atoms with E-state index in [1.54, 1.807) is 0 Å². The van der Waals surface area contributed by atoms with Gasteiger partial charge in [0.15, 0.2) is 0 Å². The second kappa shape index (κ2) is 6.33. The number of nitrogen functional groups attached to an aromatic ring is 1. The zero-order valence-electron chi connectivity index (χ0n) is 11.5. The predicted molar refractivity (Wildman–Crippen MR) is 87.8 cm³/mol. The summed E-state index contributed by atoms with van der Waals surface area (Å²) >= 11 is 2.05. The molecule has 1 unspecified atom stereocenters. The summed E-state index contributed by atoms with van der Waals surface area (Å²) in [5.74, 6) is 2.39. The van der Waals surface area contributed by atoms with E-state index >= 15 is 0 Å². The quantitative estimate of drug-likeness (QED) is 0.874. The summed E-state index contributed by atoms with van der Waals surface area (Å²) in [6, 6.07) is 19.6. The molecule has 0 aliphatic carbocycles. The number of hydrogen-bond acceptors (Lipinski definition) is 3.